The Balaban J connectivity index is 5.99. The number of alkyl halides is 5. The van der Waals surface area contributed by atoms with Crippen molar-refractivity contribution in [1.82, 2.24) is 5.32 Å². The van der Waals surface area contributed by atoms with Gasteiger partial charge in [-0.25, -0.2) is 4.79 Å². The summed E-state index contributed by atoms with van der Waals surface area (Å²) in [7, 11) is -5.52. The molecule has 0 aromatic carbocycles. The quantitative estimate of drug-likeness (QED) is 0.217. The van der Waals surface area contributed by atoms with Crippen molar-refractivity contribution >= 4 is 22.0 Å². The Labute approximate surface area is 132 Å². The fourth-order valence-corrected chi connectivity index (χ4v) is 1.26. The van der Waals surface area contributed by atoms with Gasteiger partial charge < -0.3 is 14.8 Å². The highest BCUT2D eigenvalue weighted by Gasteiger charge is 2.67. The van der Waals surface area contributed by atoms with E-state index in [9.17, 15) is 40.0 Å². The maximum Gasteiger partial charge on any atom is 0.466 e. The number of hydrogen-bond acceptors (Lipinski definition) is 6. The van der Waals surface area contributed by atoms with Gasteiger partial charge in [0, 0.05) is 12.6 Å². The Morgan fingerprint density at radius 3 is 1.96 bits per heavy atom. The van der Waals surface area contributed by atoms with Crippen LogP contribution in [0.3, 0.4) is 0 Å². The third-order valence-electron chi connectivity index (χ3n) is 2.30. The summed E-state index contributed by atoms with van der Waals surface area (Å²) in [4.78, 5) is 22.8. The Kier molecular flexibility index (Phi) is 6.46. The number of carbonyl (C=O) groups is 2. The van der Waals surface area contributed by atoms with Crippen LogP contribution in [0, 0.1) is 0 Å². The Bertz CT molecular complexity index is 630. The van der Waals surface area contributed by atoms with Gasteiger partial charge in [0.1, 0.15) is 6.61 Å². The predicted molar refractivity (Wildman–Crippen MR) is 66.2 cm³/mol. The lowest BCUT2D eigenvalue weighted by Gasteiger charge is -2.33. The van der Waals surface area contributed by atoms with Gasteiger partial charge in [0.05, 0.1) is 0 Å². The second-order valence-electron chi connectivity index (χ2n) is 4.26. The molecule has 0 radical (unpaired) electrons. The van der Waals surface area contributed by atoms with Crippen LogP contribution in [0.15, 0.2) is 12.2 Å². The molecule has 0 aliphatic rings. The van der Waals surface area contributed by atoms with Crippen molar-refractivity contribution in [2.75, 3.05) is 13.7 Å². The zero-order valence-electron chi connectivity index (χ0n) is 12.1. The van der Waals surface area contributed by atoms with E-state index in [2.05, 4.69) is 16.1 Å². The van der Waals surface area contributed by atoms with Crippen molar-refractivity contribution in [2.45, 2.75) is 24.1 Å². The first kappa shape index (κ1) is 22.2. The highest BCUT2D eigenvalue weighted by atomic mass is 32.2. The molecule has 0 heterocycles. The summed E-state index contributed by atoms with van der Waals surface area (Å²) in [5.41, 5.74) is -0.641. The van der Waals surface area contributed by atoms with Crippen molar-refractivity contribution in [3.8, 4) is 0 Å². The highest BCUT2D eigenvalue weighted by molar-refractivity contribution is 7.86. The highest BCUT2D eigenvalue weighted by Crippen LogP contribution is 2.37. The van der Waals surface area contributed by atoms with Crippen LogP contribution in [0.4, 0.5) is 22.0 Å². The van der Waals surface area contributed by atoms with E-state index in [1.54, 1.807) is 0 Å². The summed E-state index contributed by atoms with van der Waals surface area (Å²) < 4.78 is 102. The maximum atomic E-state index is 13.2. The van der Waals surface area contributed by atoms with Gasteiger partial charge in [-0.2, -0.15) is 30.4 Å². The standard InChI is InChI=1S/C10H12F5NO7S/c1-5(2)6(17)23-9(7(18)16-3,10(13,14)15)22-4-8(11,12)24(19,20)21/h1,4H2,2-3H3,(H,16,18)(H,19,20,21). The Morgan fingerprint density at radius 2 is 1.67 bits per heavy atom. The number of ether oxygens (including phenoxy) is 2. The first-order valence-electron chi connectivity index (χ1n) is 5.68. The van der Waals surface area contributed by atoms with E-state index < -0.39 is 51.4 Å². The molecule has 0 aliphatic heterocycles. The van der Waals surface area contributed by atoms with E-state index in [0.29, 0.717) is 7.05 Å². The average molecular weight is 385 g/mol. The van der Waals surface area contributed by atoms with E-state index in [0.717, 1.165) is 6.92 Å². The van der Waals surface area contributed by atoms with Crippen molar-refractivity contribution in [1.29, 1.82) is 0 Å². The molecule has 0 aromatic heterocycles. The number of carbonyl (C=O) groups excluding carboxylic acids is 2. The molecule has 0 spiro atoms. The van der Waals surface area contributed by atoms with Crippen LogP contribution in [0.25, 0.3) is 0 Å². The largest absolute Gasteiger partial charge is 0.466 e. The average Bonchev–Trinajstić information content (AvgIpc) is 2.39. The van der Waals surface area contributed by atoms with Gasteiger partial charge in [0.15, 0.2) is 0 Å². The zero-order chi connectivity index (χ0) is 19.6. The van der Waals surface area contributed by atoms with Gasteiger partial charge in [-0.3, -0.25) is 9.35 Å². The fourth-order valence-electron chi connectivity index (χ4n) is 1.05. The molecule has 1 unspecified atom stereocenters. The summed E-state index contributed by atoms with van der Waals surface area (Å²) in [6.45, 7) is 1.19. The van der Waals surface area contributed by atoms with Crippen molar-refractivity contribution < 1.29 is 54.0 Å². The van der Waals surface area contributed by atoms with Gasteiger partial charge in [-0.15, -0.1) is 0 Å². The number of esters is 1. The van der Waals surface area contributed by atoms with Crippen molar-refractivity contribution in [3.05, 3.63) is 12.2 Å². The summed E-state index contributed by atoms with van der Waals surface area (Å²) in [5.74, 6) is -8.65. The van der Waals surface area contributed by atoms with Crippen LogP contribution in [0.1, 0.15) is 6.92 Å². The van der Waals surface area contributed by atoms with E-state index in [1.165, 1.54) is 5.32 Å². The summed E-state index contributed by atoms with van der Waals surface area (Å²) in [6, 6.07) is 0. The number of halogens is 5. The first-order valence-corrected chi connectivity index (χ1v) is 7.12. The molecule has 24 heavy (non-hydrogen) atoms. The molecule has 0 bridgehead atoms. The van der Waals surface area contributed by atoms with E-state index >= 15 is 0 Å². The molecule has 1 amide bonds. The van der Waals surface area contributed by atoms with Crippen LogP contribution in [0.5, 0.6) is 0 Å². The number of hydrogen-bond donors (Lipinski definition) is 2. The molecule has 0 aromatic rings. The van der Waals surface area contributed by atoms with E-state index in [1.807, 2.05) is 0 Å². The lowest BCUT2D eigenvalue weighted by molar-refractivity contribution is -0.352. The Morgan fingerprint density at radius 1 is 1.21 bits per heavy atom. The van der Waals surface area contributed by atoms with Crippen molar-refractivity contribution in [3.63, 3.8) is 0 Å². The molecule has 8 nitrogen and oxygen atoms in total. The second kappa shape index (κ2) is 6.98. The molecule has 140 valence electrons. The maximum absolute atomic E-state index is 13.2. The molecule has 0 aliphatic carbocycles. The van der Waals surface area contributed by atoms with E-state index in [4.69, 9.17) is 4.55 Å². The lowest BCUT2D eigenvalue weighted by atomic mass is 10.2. The number of likely N-dealkylation sites (N-methyl/N-ethyl adjacent to an activating group) is 1. The van der Waals surface area contributed by atoms with Gasteiger partial charge in [0.25, 0.3) is 0 Å². The lowest BCUT2D eigenvalue weighted by Crippen LogP contribution is -2.62. The molecule has 0 rings (SSSR count). The molecular formula is C10H12F5NO7S. The second-order valence-corrected chi connectivity index (χ2v) is 5.81. The van der Waals surface area contributed by atoms with Gasteiger partial charge >= 0.3 is 39.2 Å². The molecule has 1 atom stereocenters. The molecule has 14 heteroatoms. The van der Waals surface area contributed by atoms with Gasteiger partial charge in [0.2, 0.25) is 0 Å². The van der Waals surface area contributed by atoms with Gasteiger partial charge in [-0.05, 0) is 6.92 Å². The molecule has 0 saturated carbocycles. The number of rotatable bonds is 7. The van der Waals surface area contributed by atoms with Crippen LogP contribution in [-0.2, 0) is 29.2 Å². The predicted octanol–water partition coefficient (Wildman–Crippen LogP) is 0.607. The van der Waals surface area contributed by atoms with E-state index in [-0.39, 0.29) is 0 Å². The smallest absolute Gasteiger partial charge is 0.412 e. The number of amides is 1. The minimum absolute atomic E-state index is 0.641. The van der Waals surface area contributed by atoms with Crippen molar-refractivity contribution in [2.24, 2.45) is 0 Å². The monoisotopic (exact) mass is 385 g/mol. The summed E-state index contributed by atoms with van der Waals surface area (Å²) in [6.07, 6.45) is -5.88. The zero-order valence-corrected chi connectivity index (χ0v) is 12.9. The van der Waals surface area contributed by atoms with Crippen LogP contribution < -0.4 is 5.32 Å². The topological polar surface area (TPSA) is 119 Å². The fraction of sp³-hybridized carbons (Fsp3) is 0.600. The molecular weight excluding hydrogens is 373 g/mol. The summed E-state index contributed by atoms with van der Waals surface area (Å²) in [5, 5.41) is -3.83. The SMILES string of the molecule is C=C(C)C(=O)OC(OCC(F)(F)S(=O)(=O)O)(C(=O)NC)C(F)(F)F. The minimum atomic E-state index is -6.16. The molecule has 0 fully saturated rings. The minimum Gasteiger partial charge on any atom is -0.412 e. The normalized spacial score (nSPS) is 15.3. The third kappa shape index (κ3) is 4.61. The Hall–Kier alpha value is -1.80. The summed E-state index contributed by atoms with van der Waals surface area (Å²) >= 11 is 0. The van der Waals surface area contributed by atoms with Crippen LogP contribution in [-0.4, -0.2) is 55.7 Å². The first-order chi connectivity index (χ1) is 10.5. The van der Waals surface area contributed by atoms with Gasteiger partial charge in [-0.1, -0.05) is 6.58 Å². The third-order valence-corrected chi connectivity index (χ3v) is 3.18. The van der Waals surface area contributed by atoms with Crippen LogP contribution in [0.2, 0.25) is 0 Å². The number of nitrogens with one attached hydrogen (secondary N) is 1. The van der Waals surface area contributed by atoms with Crippen LogP contribution >= 0.6 is 0 Å². The molecule has 2 N–H and O–H groups in total. The molecule has 0 saturated heterocycles.